The molecule has 0 aliphatic rings. The van der Waals surface area contributed by atoms with Crippen LogP contribution in [0.15, 0.2) is 35.3 Å². The van der Waals surface area contributed by atoms with Crippen molar-refractivity contribution in [3.63, 3.8) is 0 Å². The van der Waals surface area contributed by atoms with Gasteiger partial charge in [0.1, 0.15) is 6.04 Å². The number of carbonyl (C=O) groups excluding carboxylic acids is 2. The molecule has 1 aromatic carbocycles. The van der Waals surface area contributed by atoms with Crippen LogP contribution in [-0.2, 0) is 20.9 Å². The zero-order valence-corrected chi connectivity index (χ0v) is 20.5. The molecule has 14 nitrogen and oxygen atoms in total. The molecular formula is C20H20N7NaO7. The molecule has 6 N–H and O–H groups in total. The van der Waals surface area contributed by atoms with Gasteiger partial charge in [-0.1, -0.05) is 0 Å². The number of hydrogen-bond donors (Lipinski definition) is 5. The molecule has 0 saturated carbocycles. The number of nitrogens with one attached hydrogen (secondary N) is 2. The molecule has 0 fully saturated rings. The molecule has 0 saturated heterocycles. The summed E-state index contributed by atoms with van der Waals surface area (Å²) in [4.78, 5) is 73.6. The molecule has 0 aliphatic carbocycles. The topological polar surface area (TPSA) is 222 Å². The van der Waals surface area contributed by atoms with Gasteiger partial charge >= 0.3 is 41.5 Å². The van der Waals surface area contributed by atoms with Gasteiger partial charge in [0.15, 0.2) is 11.2 Å². The van der Waals surface area contributed by atoms with Crippen LogP contribution in [0.4, 0.5) is 11.6 Å². The number of amides is 2. The molecule has 2 aromatic heterocycles. The number of H-pyrrole nitrogens is 1. The Labute approximate surface area is 220 Å². The van der Waals surface area contributed by atoms with Gasteiger partial charge in [-0.15, -0.1) is 0 Å². The van der Waals surface area contributed by atoms with E-state index < -0.39 is 35.9 Å². The number of rotatable bonds is 10. The number of carboxylic acid groups (broad SMARTS) is 2. The monoisotopic (exact) mass is 493 g/mol. The summed E-state index contributed by atoms with van der Waals surface area (Å²) in [7, 11) is 0. The fourth-order valence-electron chi connectivity index (χ4n) is 2.98. The molecule has 0 bridgehead atoms. The third-order valence-electron chi connectivity index (χ3n) is 4.66. The van der Waals surface area contributed by atoms with Crippen LogP contribution in [0, 0.1) is 0 Å². The number of carbonyl (C=O) groups is 4. The van der Waals surface area contributed by atoms with E-state index in [9.17, 15) is 29.1 Å². The first-order valence-corrected chi connectivity index (χ1v) is 9.77. The summed E-state index contributed by atoms with van der Waals surface area (Å²) >= 11 is 0. The Kier molecular flexibility index (Phi) is 9.39. The fourth-order valence-corrected chi connectivity index (χ4v) is 2.98. The Hall–Kier alpha value is -3.88. The number of nitrogens with two attached hydrogens (primary N) is 1. The van der Waals surface area contributed by atoms with Crippen molar-refractivity contribution in [3.05, 3.63) is 52.1 Å². The third kappa shape index (κ3) is 7.05. The van der Waals surface area contributed by atoms with Gasteiger partial charge in [-0.25, -0.2) is 14.8 Å². The second-order valence-corrected chi connectivity index (χ2v) is 7.06. The van der Waals surface area contributed by atoms with Gasteiger partial charge in [0.25, 0.3) is 11.5 Å². The molecule has 0 unspecified atom stereocenters. The summed E-state index contributed by atoms with van der Waals surface area (Å²) in [6.45, 7) is -0.0436. The minimum absolute atomic E-state index is 0. The number of anilines is 2. The van der Waals surface area contributed by atoms with Crippen LogP contribution in [0.5, 0.6) is 0 Å². The maximum absolute atomic E-state index is 12.4. The van der Waals surface area contributed by atoms with Crippen LogP contribution in [0.1, 0.15) is 30.3 Å². The normalized spacial score (nSPS) is 11.2. The predicted molar refractivity (Wildman–Crippen MR) is 118 cm³/mol. The quantitative estimate of drug-likeness (QED) is 0.138. The summed E-state index contributed by atoms with van der Waals surface area (Å²) in [6.07, 6.45) is 1.18. The molecule has 0 spiro atoms. The Morgan fingerprint density at radius 3 is 2.49 bits per heavy atom. The molecule has 2 heterocycles. The first-order chi connectivity index (χ1) is 16.2. The third-order valence-corrected chi connectivity index (χ3v) is 4.66. The van der Waals surface area contributed by atoms with E-state index in [1.165, 1.54) is 35.4 Å². The molecule has 3 aromatic rings. The maximum atomic E-state index is 12.4. The minimum atomic E-state index is -1.37. The van der Waals surface area contributed by atoms with Gasteiger partial charge in [-0.3, -0.25) is 24.2 Å². The Morgan fingerprint density at radius 2 is 1.89 bits per heavy atom. The van der Waals surface area contributed by atoms with Crippen molar-refractivity contribution in [1.82, 2.24) is 25.3 Å². The van der Waals surface area contributed by atoms with Crippen LogP contribution in [0.3, 0.4) is 0 Å². The number of aliphatic carboxylic acids is 2. The Balaban J connectivity index is 0.00000324. The molecule has 35 heavy (non-hydrogen) atoms. The van der Waals surface area contributed by atoms with Gasteiger partial charge in [-0.05, 0) is 30.7 Å². The average Bonchev–Trinajstić information content (AvgIpc) is 2.80. The summed E-state index contributed by atoms with van der Waals surface area (Å²) < 4.78 is 0. The number of hydrogen-bond acceptors (Lipinski definition) is 9. The standard InChI is InChI=1S/C20H19N7O7.Na.H/c21-20-25-16-15(18(32)26-20)23-11(7-22-16)8-27(9-28)12-3-1-10(2-4-12)17(31)24-13(19(33)34)5-6-14(29)30;;/h1-4,7,9,13H,5-6,8H2,(H,24,31)(H,29,30)(H,33,34)(H3,21,22,25,26,32);;/q;+1;-1/t13-;;/m0../s1. The molecular weight excluding hydrogens is 473 g/mol. The van der Waals surface area contributed by atoms with E-state index in [0.717, 1.165) is 0 Å². The smallest absolute Gasteiger partial charge is 1.00 e. The van der Waals surface area contributed by atoms with E-state index >= 15 is 0 Å². The van der Waals surface area contributed by atoms with Crippen molar-refractivity contribution in [1.29, 1.82) is 0 Å². The number of aromatic amines is 1. The van der Waals surface area contributed by atoms with Crippen molar-refractivity contribution in [2.45, 2.75) is 25.4 Å². The van der Waals surface area contributed by atoms with Gasteiger partial charge in [0.2, 0.25) is 12.4 Å². The Morgan fingerprint density at radius 1 is 1.20 bits per heavy atom. The van der Waals surface area contributed by atoms with Crippen molar-refractivity contribution >= 4 is 47.1 Å². The summed E-state index contributed by atoms with van der Waals surface area (Å²) in [5, 5.41) is 20.1. The SMILES string of the molecule is Nc1nc2ncc(CN(C=O)c3ccc(C(=O)N[C@@H](CCC(=O)O)C(=O)O)cc3)nc2c(=O)[nH]1.[H-].[Na+]. The molecule has 0 aliphatic heterocycles. The fraction of sp³-hybridized carbons (Fsp3) is 0.200. The van der Waals surface area contributed by atoms with Crippen molar-refractivity contribution in [2.24, 2.45) is 0 Å². The maximum Gasteiger partial charge on any atom is 1.00 e. The predicted octanol–water partition coefficient (Wildman–Crippen LogP) is -3.38. The Bertz CT molecular complexity index is 1320. The molecule has 15 heteroatoms. The molecule has 2 amide bonds. The molecule has 3 rings (SSSR count). The van der Waals surface area contributed by atoms with Crippen molar-refractivity contribution in [3.8, 4) is 0 Å². The van der Waals surface area contributed by atoms with E-state index in [-0.39, 0.29) is 66.6 Å². The van der Waals surface area contributed by atoms with Crippen molar-refractivity contribution < 1.29 is 60.4 Å². The number of nitrogen functional groups attached to an aromatic ring is 1. The zero-order chi connectivity index (χ0) is 24.8. The number of fused-ring (bicyclic) bond motifs is 1. The number of benzene rings is 1. The zero-order valence-electron chi connectivity index (χ0n) is 19.5. The van der Waals surface area contributed by atoms with Gasteiger partial charge in [0, 0.05) is 17.7 Å². The van der Waals surface area contributed by atoms with E-state index in [4.69, 9.17) is 10.8 Å². The second kappa shape index (κ2) is 12.0. The number of aromatic nitrogens is 4. The number of nitrogens with zero attached hydrogens (tertiary/aromatic N) is 4. The number of carboxylic acids is 2. The van der Waals surface area contributed by atoms with E-state index in [2.05, 4.69) is 25.3 Å². The largest absolute Gasteiger partial charge is 1.00 e. The van der Waals surface area contributed by atoms with Crippen molar-refractivity contribution in [2.75, 3.05) is 10.6 Å². The minimum Gasteiger partial charge on any atom is -1.00 e. The van der Waals surface area contributed by atoms with Crippen LogP contribution in [-0.4, -0.2) is 60.4 Å². The van der Waals surface area contributed by atoms with E-state index in [1.54, 1.807) is 0 Å². The first kappa shape index (κ1) is 27.4. The van der Waals surface area contributed by atoms with E-state index in [1.807, 2.05) is 0 Å². The summed E-state index contributed by atoms with van der Waals surface area (Å²) in [5.74, 6) is -3.35. The van der Waals surface area contributed by atoms with Crippen LogP contribution >= 0.6 is 0 Å². The van der Waals surface area contributed by atoms with Gasteiger partial charge in [0.05, 0.1) is 18.4 Å². The van der Waals surface area contributed by atoms with E-state index in [0.29, 0.717) is 17.8 Å². The van der Waals surface area contributed by atoms with Gasteiger partial charge in [-0.2, -0.15) is 4.98 Å². The van der Waals surface area contributed by atoms with Crippen LogP contribution in [0.2, 0.25) is 0 Å². The molecule has 1 atom stereocenters. The second-order valence-electron chi connectivity index (χ2n) is 7.06. The molecule has 178 valence electrons. The van der Waals surface area contributed by atoms with Gasteiger partial charge < -0.3 is 27.6 Å². The summed E-state index contributed by atoms with van der Waals surface area (Å²) in [6, 6.07) is 4.30. The van der Waals surface area contributed by atoms with Crippen LogP contribution < -0.4 is 51.1 Å². The summed E-state index contributed by atoms with van der Waals surface area (Å²) in [5.41, 5.74) is 5.70. The molecule has 0 radical (unpaired) electrons. The average molecular weight is 493 g/mol. The first-order valence-electron chi connectivity index (χ1n) is 9.77. The van der Waals surface area contributed by atoms with Crippen LogP contribution in [0.25, 0.3) is 11.2 Å².